The summed E-state index contributed by atoms with van der Waals surface area (Å²) in [6.07, 6.45) is 0.783. The van der Waals surface area contributed by atoms with Crippen LogP contribution >= 0.6 is 0 Å². The van der Waals surface area contributed by atoms with Crippen LogP contribution in [0.2, 0.25) is 0 Å². The maximum Gasteiger partial charge on any atom is 0.177 e. The highest BCUT2D eigenvalue weighted by atomic mass is 15.3. The molecule has 0 bridgehead atoms. The third-order valence-electron chi connectivity index (χ3n) is 6.55. The van der Waals surface area contributed by atoms with E-state index in [0.29, 0.717) is 0 Å². The number of rotatable bonds is 5. The highest BCUT2D eigenvalue weighted by Crippen LogP contribution is 2.44. The van der Waals surface area contributed by atoms with Crippen molar-refractivity contribution in [3.63, 3.8) is 0 Å². The first kappa shape index (κ1) is 21.1. The number of aromatic amines is 1. The van der Waals surface area contributed by atoms with Gasteiger partial charge in [-0.2, -0.15) is 5.10 Å². The summed E-state index contributed by atoms with van der Waals surface area (Å²) in [6, 6.07) is 42.3. The van der Waals surface area contributed by atoms with E-state index in [1.807, 2.05) is 6.07 Å². The minimum absolute atomic E-state index is 0.0866. The van der Waals surface area contributed by atoms with Crippen LogP contribution in [0.15, 0.2) is 126 Å². The number of H-pyrrole nitrogens is 1. The minimum atomic E-state index is 0.0866. The fourth-order valence-corrected chi connectivity index (χ4v) is 4.81. The third-order valence-corrected chi connectivity index (χ3v) is 6.55. The second-order valence-corrected chi connectivity index (χ2v) is 8.81. The van der Waals surface area contributed by atoms with Gasteiger partial charge in [0.15, 0.2) is 5.82 Å². The molecule has 0 saturated carbocycles. The van der Waals surface area contributed by atoms with Gasteiger partial charge in [0.1, 0.15) is 5.69 Å². The van der Waals surface area contributed by atoms with E-state index in [-0.39, 0.29) is 6.04 Å². The quantitative estimate of drug-likeness (QED) is 0.302. The van der Waals surface area contributed by atoms with Gasteiger partial charge < -0.3 is 4.90 Å². The molecule has 1 aliphatic rings. The van der Waals surface area contributed by atoms with E-state index in [0.717, 1.165) is 47.0 Å². The lowest BCUT2D eigenvalue weighted by Gasteiger charge is -2.31. The topological polar surface area (TPSA) is 44.3 Å². The van der Waals surface area contributed by atoms with Crippen LogP contribution in [0, 0.1) is 0 Å². The Morgan fingerprint density at radius 2 is 1.26 bits per heavy atom. The Labute approximate surface area is 205 Å². The summed E-state index contributed by atoms with van der Waals surface area (Å²) in [5.41, 5.74) is 7.62. The molecule has 1 N–H and O–H groups in total. The van der Waals surface area contributed by atoms with Crippen LogP contribution in [-0.4, -0.2) is 15.9 Å². The summed E-state index contributed by atoms with van der Waals surface area (Å²) < 4.78 is 0. The average Bonchev–Trinajstić information content (AvgIpc) is 3.28. The van der Waals surface area contributed by atoms with Crippen LogP contribution in [-0.2, 0) is 6.54 Å². The fourth-order valence-electron chi connectivity index (χ4n) is 4.81. The van der Waals surface area contributed by atoms with Crippen molar-refractivity contribution >= 4 is 17.2 Å². The van der Waals surface area contributed by atoms with Crippen molar-refractivity contribution in [1.82, 2.24) is 10.2 Å². The highest BCUT2D eigenvalue weighted by Gasteiger charge is 2.32. The monoisotopic (exact) mass is 454 g/mol. The lowest BCUT2D eigenvalue weighted by Crippen LogP contribution is -2.29. The van der Waals surface area contributed by atoms with E-state index < -0.39 is 0 Å². The van der Waals surface area contributed by atoms with Gasteiger partial charge in [0.05, 0.1) is 17.4 Å². The van der Waals surface area contributed by atoms with Gasteiger partial charge >= 0.3 is 0 Å². The Bertz CT molecular complexity index is 1430. The first-order chi connectivity index (χ1) is 17.4. The zero-order valence-electron chi connectivity index (χ0n) is 19.4. The van der Waals surface area contributed by atoms with Crippen LogP contribution in [0.4, 0.5) is 11.5 Å². The van der Waals surface area contributed by atoms with Gasteiger partial charge in [-0.1, -0.05) is 121 Å². The van der Waals surface area contributed by atoms with Crippen molar-refractivity contribution in [2.24, 2.45) is 4.99 Å². The summed E-state index contributed by atoms with van der Waals surface area (Å²) in [6.45, 7) is 0.740. The highest BCUT2D eigenvalue weighted by molar-refractivity contribution is 6.05. The van der Waals surface area contributed by atoms with Crippen LogP contribution in [0.5, 0.6) is 0 Å². The Hall–Kier alpha value is -4.44. The van der Waals surface area contributed by atoms with E-state index >= 15 is 0 Å². The molecule has 1 atom stereocenters. The summed E-state index contributed by atoms with van der Waals surface area (Å²) >= 11 is 0. The van der Waals surface area contributed by atoms with Crippen LogP contribution < -0.4 is 4.90 Å². The Morgan fingerprint density at radius 3 is 1.91 bits per heavy atom. The van der Waals surface area contributed by atoms with Gasteiger partial charge in [0, 0.05) is 18.5 Å². The molecule has 1 aromatic heterocycles. The molecule has 0 radical (unpaired) electrons. The van der Waals surface area contributed by atoms with Crippen LogP contribution in [0.1, 0.15) is 29.2 Å². The van der Waals surface area contributed by atoms with Gasteiger partial charge in [0.25, 0.3) is 0 Å². The number of hydrogen-bond donors (Lipinski definition) is 1. The maximum atomic E-state index is 5.29. The largest absolute Gasteiger partial charge is 0.342 e. The molecule has 0 aliphatic carbocycles. The Kier molecular flexibility index (Phi) is 5.69. The van der Waals surface area contributed by atoms with Crippen molar-refractivity contribution in [3.05, 3.63) is 138 Å². The fraction of sp³-hybridized carbons (Fsp3) is 0.0968. The van der Waals surface area contributed by atoms with E-state index in [1.165, 1.54) is 11.1 Å². The van der Waals surface area contributed by atoms with Crippen LogP contribution in [0.3, 0.4) is 0 Å². The molecule has 0 amide bonds. The zero-order valence-corrected chi connectivity index (χ0v) is 19.4. The molecule has 0 spiro atoms. The predicted octanol–water partition coefficient (Wildman–Crippen LogP) is 7.35. The van der Waals surface area contributed by atoms with E-state index in [9.17, 15) is 0 Å². The number of benzene rings is 4. The first-order valence-corrected chi connectivity index (χ1v) is 12.0. The van der Waals surface area contributed by atoms with Gasteiger partial charge in [-0.3, -0.25) is 5.10 Å². The SMILES string of the molecule is c1ccc(CN2c3n[nH]c(-c4ccccc4)c3N=C(c3ccccc3)CC2c2ccccc2)cc1. The normalized spacial score (nSPS) is 15.3. The molecule has 1 unspecified atom stereocenters. The predicted molar refractivity (Wildman–Crippen MR) is 143 cm³/mol. The number of hydrogen-bond acceptors (Lipinski definition) is 3. The van der Waals surface area contributed by atoms with Gasteiger partial charge in [-0.25, -0.2) is 4.99 Å². The van der Waals surface area contributed by atoms with Crippen LogP contribution in [0.25, 0.3) is 11.3 Å². The van der Waals surface area contributed by atoms with E-state index in [2.05, 4.69) is 125 Å². The van der Waals surface area contributed by atoms with Crippen molar-refractivity contribution in [1.29, 1.82) is 0 Å². The molecule has 4 nitrogen and oxygen atoms in total. The number of anilines is 1. The van der Waals surface area contributed by atoms with Crippen molar-refractivity contribution in [3.8, 4) is 11.3 Å². The summed E-state index contributed by atoms with van der Waals surface area (Å²) in [4.78, 5) is 7.70. The minimum Gasteiger partial charge on any atom is -0.342 e. The molecule has 4 heteroatoms. The van der Waals surface area contributed by atoms with E-state index in [1.54, 1.807) is 0 Å². The number of nitrogens with zero attached hydrogens (tertiary/aromatic N) is 3. The lowest BCUT2D eigenvalue weighted by atomic mass is 9.96. The summed E-state index contributed by atoms with van der Waals surface area (Å²) in [5.74, 6) is 0.882. The van der Waals surface area contributed by atoms with Gasteiger partial charge in [0.2, 0.25) is 0 Å². The smallest absolute Gasteiger partial charge is 0.177 e. The second-order valence-electron chi connectivity index (χ2n) is 8.81. The molecular formula is C31H26N4. The number of aromatic nitrogens is 2. The third kappa shape index (κ3) is 4.26. The van der Waals surface area contributed by atoms with Gasteiger partial charge in [-0.05, 0) is 16.7 Å². The molecule has 6 rings (SSSR count). The molecule has 1 aliphatic heterocycles. The zero-order chi connectivity index (χ0) is 23.5. The molecule has 4 aromatic carbocycles. The lowest BCUT2D eigenvalue weighted by molar-refractivity contribution is 0.633. The Balaban J connectivity index is 1.56. The number of aliphatic imine (C=N–C) groups is 1. The second kappa shape index (κ2) is 9.43. The summed E-state index contributed by atoms with van der Waals surface area (Å²) in [7, 11) is 0. The average molecular weight is 455 g/mol. The first-order valence-electron chi connectivity index (χ1n) is 12.0. The molecule has 0 fully saturated rings. The van der Waals surface area contributed by atoms with Gasteiger partial charge in [-0.15, -0.1) is 0 Å². The van der Waals surface area contributed by atoms with Crippen molar-refractivity contribution < 1.29 is 0 Å². The maximum absolute atomic E-state index is 5.29. The summed E-state index contributed by atoms with van der Waals surface area (Å²) in [5, 5.41) is 8.19. The molecule has 35 heavy (non-hydrogen) atoms. The van der Waals surface area contributed by atoms with Crippen molar-refractivity contribution in [2.75, 3.05) is 4.90 Å². The molecule has 0 saturated heterocycles. The Morgan fingerprint density at radius 1 is 0.686 bits per heavy atom. The molecule has 2 heterocycles. The number of nitrogens with one attached hydrogen (secondary N) is 1. The molecular weight excluding hydrogens is 428 g/mol. The van der Waals surface area contributed by atoms with E-state index in [4.69, 9.17) is 10.1 Å². The van der Waals surface area contributed by atoms with Crippen molar-refractivity contribution in [2.45, 2.75) is 19.0 Å². The molecule has 5 aromatic rings. The molecule has 170 valence electrons. The number of fused-ring (bicyclic) bond motifs is 1. The standard InChI is InChI=1S/C31H26N4/c1-5-13-23(14-6-1)22-35-28(25-17-9-3-10-18-25)21-27(24-15-7-2-8-16-24)32-30-29(33-34-31(30)35)26-19-11-4-12-20-26/h1-20,28H,21-22H2,(H,33,34).